The van der Waals surface area contributed by atoms with Gasteiger partial charge in [0.25, 0.3) is 5.78 Å². The second kappa shape index (κ2) is 3.16. The Bertz CT molecular complexity index is 559. The summed E-state index contributed by atoms with van der Waals surface area (Å²) in [6, 6.07) is 4.74. The molecule has 0 spiro atoms. The van der Waals surface area contributed by atoms with Gasteiger partial charge in [0.1, 0.15) is 5.52 Å². The fourth-order valence-corrected chi connectivity index (χ4v) is 1.36. The Morgan fingerprint density at radius 3 is 2.80 bits per heavy atom. The van der Waals surface area contributed by atoms with Crippen molar-refractivity contribution in [3.63, 3.8) is 0 Å². The molecule has 0 radical (unpaired) electrons. The Hall–Kier alpha value is -2.24. The molecule has 1 aromatic carbocycles. The number of carboxylic acid groups (broad SMARTS) is 1. The lowest BCUT2D eigenvalue weighted by Gasteiger charge is -1.96. The third-order valence-corrected chi connectivity index (χ3v) is 2.08. The van der Waals surface area contributed by atoms with Gasteiger partial charge in [0.05, 0.1) is 11.1 Å². The molecule has 0 bridgehead atoms. The van der Waals surface area contributed by atoms with E-state index in [1.54, 1.807) is 19.2 Å². The van der Waals surface area contributed by atoms with Crippen LogP contribution in [0.25, 0.3) is 11.0 Å². The Balaban J connectivity index is 2.71. The number of Topliss-reactive ketones (excluding diaryl/α,β-unsaturated/α-hetero) is 1. The summed E-state index contributed by atoms with van der Waals surface area (Å²) in [5.74, 6) is -2.46. The number of ketones is 1. The fraction of sp³-hybridized carbons (Fsp3) is 0.111. The zero-order valence-corrected chi connectivity index (χ0v) is 7.84. The summed E-state index contributed by atoms with van der Waals surface area (Å²) in [5.41, 5.74) is 1.00. The van der Waals surface area contributed by atoms with Gasteiger partial charge >= 0.3 is 5.97 Å². The van der Waals surface area contributed by atoms with Crippen LogP contribution in [0.5, 0.6) is 0 Å². The van der Waals surface area contributed by atoms with E-state index in [-0.39, 0.29) is 5.56 Å². The summed E-state index contributed by atoms with van der Waals surface area (Å²) >= 11 is 0. The van der Waals surface area contributed by atoms with Crippen molar-refractivity contribution in [3.8, 4) is 0 Å². The highest BCUT2D eigenvalue weighted by Crippen LogP contribution is 2.15. The van der Waals surface area contributed by atoms with E-state index in [1.807, 2.05) is 0 Å². The molecule has 0 atom stereocenters. The summed E-state index contributed by atoms with van der Waals surface area (Å²) in [4.78, 5) is 21.8. The molecule has 1 heterocycles. The van der Waals surface area contributed by atoms with E-state index in [0.29, 0.717) is 11.0 Å². The first-order valence-electron chi connectivity index (χ1n) is 4.17. The normalized spacial score (nSPS) is 10.5. The molecule has 0 amide bonds. The molecule has 6 heteroatoms. The number of rotatable bonds is 2. The predicted molar refractivity (Wildman–Crippen MR) is 50.5 cm³/mol. The maximum atomic E-state index is 11.3. The van der Waals surface area contributed by atoms with Crippen LogP contribution in [0.1, 0.15) is 10.4 Å². The van der Waals surface area contributed by atoms with Gasteiger partial charge in [0, 0.05) is 7.05 Å². The molecule has 0 unspecified atom stereocenters. The lowest BCUT2D eigenvalue weighted by Crippen LogP contribution is -2.13. The molecule has 0 saturated carbocycles. The van der Waals surface area contributed by atoms with Gasteiger partial charge in [-0.05, 0) is 12.1 Å². The number of aromatic nitrogens is 3. The van der Waals surface area contributed by atoms with Crippen LogP contribution in [0.4, 0.5) is 0 Å². The van der Waals surface area contributed by atoms with Crippen molar-refractivity contribution in [1.29, 1.82) is 0 Å². The summed E-state index contributed by atoms with van der Waals surface area (Å²) in [6.07, 6.45) is 0. The molecular formula is C9H7N3O3. The third-order valence-electron chi connectivity index (χ3n) is 2.08. The van der Waals surface area contributed by atoms with Gasteiger partial charge < -0.3 is 5.11 Å². The number of nitrogens with zero attached hydrogens (tertiary/aromatic N) is 3. The molecule has 2 rings (SSSR count). The summed E-state index contributed by atoms with van der Waals surface area (Å²) in [6.45, 7) is 0. The quantitative estimate of drug-likeness (QED) is 0.560. The summed E-state index contributed by atoms with van der Waals surface area (Å²) in [7, 11) is 1.67. The standard InChI is InChI=1S/C9H7N3O3/c1-12-6-4-2-3-5(7(6)10-11-12)8(13)9(14)15/h2-4H,1H3,(H,14,15). The van der Waals surface area contributed by atoms with Crippen LogP contribution >= 0.6 is 0 Å². The first-order valence-corrected chi connectivity index (χ1v) is 4.17. The molecule has 0 aliphatic heterocycles. The molecule has 0 fully saturated rings. The second-order valence-electron chi connectivity index (χ2n) is 3.02. The minimum Gasteiger partial charge on any atom is -0.475 e. The van der Waals surface area contributed by atoms with Crippen molar-refractivity contribution in [3.05, 3.63) is 23.8 Å². The average molecular weight is 205 g/mol. The number of carboxylic acids is 1. The van der Waals surface area contributed by atoms with Gasteiger partial charge in [-0.2, -0.15) is 0 Å². The van der Waals surface area contributed by atoms with Gasteiger partial charge in [0.15, 0.2) is 0 Å². The summed E-state index contributed by atoms with van der Waals surface area (Å²) < 4.78 is 1.48. The van der Waals surface area contributed by atoms with Crippen LogP contribution in [0.2, 0.25) is 0 Å². The van der Waals surface area contributed by atoms with Gasteiger partial charge in [0.2, 0.25) is 0 Å². The van der Waals surface area contributed by atoms with E-state index in [1.165, 1.54) is 10.7 Å². The number of carbonyl (C=O) groups excluding carboxylic acids is 1. The molecule has 15 heavy (non-hydrogen) atoms. The zero-order valence-electron chi connectivity index (χ0n) is 7.84. The van der Waals surface area contributed by atoms with E-state index >= 15 is 0 Å². The van der Waals surface area contributed by atoms with Crippen molar-refractivity contribution in [2.75, 3.05) is 0 Å². The molecule has 0 aliphatic rings. The molecule has 1 N–H and O–H groups in total. The van der Waals surface area contributed by atoms with Crippen LogP contribution in [0.15, 0.2) is 18.2 Å². The van der Waals surface area contributed by atoms with Gasteiger partial charge in [-0.3, -0.25) is 4.79 Å². The lowest BCUT2D eigenvalue weighted by molar-refractivity contribution is -0.131. The molecule has 76 valence electrons. The Kier molecular flexibility index (Phi) is 1.96. The van der Waals surface area contributed by atoms with Crippen LogP contribution < -0.4 is 0 Å². The SMILES string of the molecule is Cn1nnc2c(C(=O)C(=O)O)cccc21. The van der Waals surface area contributed by atoms with Crippen molar-refractivity contribution in [2.24, 2.45) is 7.05 Å². The van der Waals surface area contributed by atoms with E-state index < -0.39 is 11.8 Å². The number of hydrogen-bond donors (Lipinski definition) is 1. The van der Waals surface area contributed by atoms with Crippen LogP contribution in [0, 0.1) is 0 Å². The molecule has 1 aromatic heterocycles. The van der Waals surface area contributed by atoms with Gasteiger partial charge in [-0.1, -0.05) is 11.3 Å². The lowest BCUT2D eigenvalue weighted by atomic mass is 10.1. The van der Waals surface area contributed by atoms with Gasteiger partial charge in [-0.25, -0.2) is 9.48 Å². The first kappa shape index (κ1) is 9.32. The highest BCUT2D eigenvalue weighted by molar-refractivity contribution is 6.41. The van der Waals surface area contributed by atoms with Crippen LogP contribution in [0.3, 0.4) is 0 Å². The zero-order chi connectivity index (χ0) is 11.0. The van der Waals surface area contributed by atoms with Crippen LogP contribution in [-0.2, 0) is 11.8 Å². The Morgan fingerprint density at radius 2 is 2.13 bits per heavy atom. The van der Waals surface area contributed by atoms with Crippen LogP contribution in [-0.4, -0.2) is 31.9 Å². The van der Waals surface area contributed by atoms with Crippen molar-refractivity contribution in [1.82, 2.24) is 15.0 Å². The minimum atomic E-state index is -1.49. The number of fused-ring (bicyclic) bond motifs is 1. The highest BCUT2D eigenvalue weighted by Gasteiger charge is 2.19. The minimum absolute atomic E-state index is 0.0631. The number of benzene rings is 1. The van der Waals surface area contributed by atoms with E-state index in [4.69, 9.17) is 5.11 Å². The molecule has 0 saturated heterocycles. The molecule has 0 aliphatic carbocycles. The summed E-state index contributed by atoms with van der Waals surface area (Å²) in [5, 5.41) is 16.1. The number of hydrogen-bond acceptors (Lipinski definition) is 4. The van der Waals surface area contributed by atoms with Gasteiger partial charge in [-0.15, -0.1) is 5.10 Å². The van der Waals surface area contributed by atoms with E-state index in [2.05, 4.69) is 10.3 Å². The highest BCUT2D eigenvalue weighted by atomic mass is 16.4. The second-order valence-corrected chi connectivity index (χ2v) is 3.02. The maximum absolute atomic E-state index is 11.3. The van der Waals surface area contributed by atoms with E-state index in [9.17, 15) is 9.59 Å². The smallest absolute Gasteiger partial charge is 0.377 e. The maximum Gasteiger partial charge on any atom is 0.377 e. The van der Waals surface area contributed by atoms with Crippen molar-refractivity contribution < 1.29 is 14.7 Å². The Labute approximate surface area is 84.1 Å². The molecule has 2 aromatic rings. The number of aliphatic carboxylic acids is 1. The molecular weight excluding hydrogens is 198 g/mol. The van der Waals surface area contributed by atoms with Crippen molar-refractivity contribution in [2.45, 2.75) is 0 Å². The number of aryl methyl sites for hydroxylation is 1. The van der Waals surface area contributed by atoms with Crippen molar-refractivity contribution >= 4 is 22.8 Å². The fourth-order valence-electron chi connectivity index (χ4n) is 1.36. The Morgan fingerprint density at radius 1 is 1.40 bits per heavy atom. The topological polar surface area (TPSA) is 85.1 Å². The number of carbonyl (C=O) groups is 2. The van der Waals surface area contributed by atoms with E-state index in [0.717, 1.165) is 0 Å². The largest absolute Gasteiger partial charge is 0.475 e. The average Bonchev–Trinajstić information content (AvgIpc) is 2.59. The predicted octanol–water partition coefficient (Wildman–Crippen LogP) is 0.236. The monoisotopic (exact) mass is 205 g/mol. The molecule has 6 nitrogen and oxygen atoms in total. The first-order chi connectivity index (χ1) is 7.11. The third kappa shape index (κ3) is 1.35.